The number of hydrogen-bond donors (Lipinski definition) is 1. The Balaban J connectivity index is 1.58. The highest BCUT2D eigenvalue weighted by Crippen LogP contribution is 2.35. The number of hydrogen-bond acceptors (Lipinski definition) is 4. The highest BCUT2D eigenvalue weighted by molar-refractivity contribution is 6.39. The van der Waals surface area contributed by atoms with Crippen molar-refractivity contribution in [3.63, 3.8) is 0 Å². The average Bonchev–Trinajstić information content (AvgIpc) is 3.21. The summed E-state index contributed by atoms with van der Waals surface area (Å²) in [7, 11) is 0. The highest BCUT2D eigenvalue weighted by Gasteiger charge is 2.32. The molecule has 0 radical (unpaired) electrons. The number of para-hydroxylation sites is 1. The van der Waals surface area contributed by atoms with Crippen molar-refractivity contribution in [2.24, 2.45) is 5.10 Å². The van der Waals surface area contributed by atoms with Crippen molar-refractivity contribution in [1.82, 2.24) is 10.3 Å². The molecule has 0 saturated carbocycles. The second kappa shape index (κ2) is 8.05. The van der Waals surface area contributed by atoms with E-state index in [-0.39, 0.29) is 18.0 Å². The molecular weight excluding hydrogens is 348 g/mol. The Morgan fingerprint density at radius 3 is 2.36 bits per heavy atom. The zero-order chi connectivity index (χ0) is 19.3. The SMILES string of the molecule is CC(NC(=O)C1=NN(c2ccccc2)C(c2ccccc2)C1)c1ccccn1. The van der Waals surface area contributed by atoms with Crippen LogP contribution in [0, 0.1) is 0 Å². The fourth-order valence-electron chi connectivity index (χ4n) is 3.39. The van der Waals surface area contributed by atoms with Crippen molar-refractivity contribution in [3.8, 4) is 0 Å². The third-order valence-electron chi connectivity index (χ3n) is 4.86. The van der Waals surface area contributed by atoms with Gasteiger partial charge in [-0.1, -0.05) is 54.6 Å². The van der Waals surface area contributed by atoms with Gasteiger partial charge in [0.2, 0.25) is 0 Å². The molecule has 1 N–H and O–H groups in total. The van der Waals surface area contributed by atoms with Crippen molar-refractivity contribution in [3.05, 3.63) is 96.3 Å². The van der Waals surface area contributed by atoms with Crippen LogP contribution >= 0.6 is 0 Å². The largest absolute Gasteiger partial charge is 0.343 e. The Kier molecular flexibility index (Phi) is 5.15. The number of hydrazone groups is 1. The number of aromatic nitrogens is 1. The molecule has 0 aliphatic carbocycles. The Hall–Kier alpha value is -3.47. The molecule has 1 aliphatic heterocycles. The van der Waals surface area contributed by atoms with Crippen molar-refractivity contribution in [2.45, 2.75) is 25.4 Å². The lowest BCUT2D eigenvalue weighted by molar-refractivity contribution is -0.115. The van der Waals surface area contributed by atoms with Crippen LogP contribution in [0.5, 0.6) is 0 Å². The maximum Gasteiger partial charge on any atom is 0.268 e. The molecule has 0 bridgehead atoms. The van der Waals surface area contributed by atoms with Crippen LogP contribution in [0.4, 0.5) is 5.69 Å². The Morgan fingerprint density at radius 1 is 1.00 bits per heavy atom. The van der Waals surface area contributed by atoms with E-state index in [0.29, 0.717) is 12.1 Å². The molecule has 0 fully saturated rings. The minimum absolute atomic E-state index is 0.00509. The maximum absolute atomic E-state index is 12.9. The van der Waals surface area contributed by atoms with E-state index in [1.54, 1.807) is 6.20 Å². The van der Waals surface area contributed by atoms with E-state index >= 15 is 0 Å². The predicted octanol–water partition coefficient (Wildman–Crippen LogP) is 4.27. The number of benzene rings is 2. The summed E-state index contributed by atoms with van der Waals surface area (Å²) in [5.41, 5.74) is 3.46. The first-order valence-corrected chi connectivity index (χ1v) is 9.41. The van der Waals surface area contributed by atoms with Crippen molar-refractivity contribution < 1.29 is 4.79 Å². The monoisotopic (exact) mass is 370 g/mol. The van der Waals surface area contributed by atoms with E-state index in [9.17, 15) is 4.79 Å². The molecular formula is C23H22N4O. The summed E-state index contributed by atoms with van der Waals surface area (Å²) in [6.07, 6.45) is 2.29. The number of nitrogens with one attached hydrogen (secondary N) is 1. The summed E-state index contributed by atoms with van der Waals surface area (Å²) in [5.74, 6) is -0.155. The first-order valence-electron chi connectivity index (χ1n) is 9.41. The van der Waals surface area contributed by atoms with Crippen LogP contribution in [0.2, 0.25) is 0 Å². The molecule has 2 atom stereocenters. The average molecular weight is 370 g/mol. The van der Waals surface area contributed by atoms with Gasteiger partial charge >= 0.3 is 0 Å². The third-order valence-corrected chi connectivity index (χ3v) is 4.86. The predicted molar refractivity (Wildman–Crippen MR) is 111 cm³/mol. The molecule has 1 aliphatic rings. The van der Waals surface area contributed by atoms with E-state index < -0.39 is 0 Å². The van der Waals surface area contributed by atoms with Crippen LogP contribution in [-0.4, -0.2) is 16.6 Å². The van der Waals surface area contributed by atoms with Crippen LogP contribution in [0.25, 0.3) is 0 Å². The Labute approximate surface area is 164 Å². The smallest absolute Gasteiger partial charge is 0.268 e. The molecule has 1 amide bonds. The molecule has 0 spiro atoms. The summed E-state index contributed by atoms with van der Waals surface area (Å²) in [6, 6.07) is 25.6. The van der Waals surface area contributed by atoms with Crippen molar-refractivity contribution in [2.75, 3.05) is 5.01 Å². The minimum Gasteiger partial charge on any atom is -0.343 e. The van der Waals surface area contributed by atoms with Crippen molar-refractivity contribution >= 4 is 17.3 Å². The summed E-state index contributed by atoms with van der Waals surface area (Å²) in [5, 5.41) is 9.64. The van der Waals surface area contributed by atoms with Gasteiger partial charge in [-0.3, -0.25) is 14.8 Å². The standard InChI is InChI=1S/C23H22N4O/c1-17(20-14-8-9-15-24-20)25-23(28)21-16-22(18-10-4-2-5-11-18)27(26-21)19-12-6-3-7-13-19/h2-15,17,22H,16H2,1H3,(H,25,28). The number of rotatable bonds is 5. The van der Waals surface area contributed by atoms with Crippen LogP contribution in [0.15, 0.2) is 90.2 Å². The lowest BCUT2D eigenvalue weighted by Gasteiger charge is -2.23. The molecule has 4 rings (SSSR count). The zero-order valence-corrected chi connectivity index (χ0v) is 15.7. The molecule has 1 aromatic heterocycles. The van der Waals surface area contributed by atoms with Gasteiger partial charge in [0.1, 0.15) is 5.71 Å². The fourth-order valence-corrected chi connectivity index (χ4v) is 3.39. The summed E-state index contributed by atoms with van der Waals surface area (Å²) < 4.78 is 0. The van der Waals surface area contributed by atoms with Gasteiger partial charge in [0, 0.05) is 12.6 Å². The highest BCUT2D eigenvalue weighted by atomic mass is 16.2. The van der Waals surface area contributed by atoms with Gasteiger partial charge in [0.25, 0.3) is 5.91 Å². The Morgan fingerprint density at radius 2 is 1.68 bits per heavy atom. The van der Waals surface area contributed by atoms with Crippen molar-refractivity contribution in [1.29, 1.82) is 0 Å². The molecule has 28 heavy (non-hydrogen) atoms. The van der Waals surface area contributed by atoms with Gasteiger partial charge in [-0.25, -0.2) is 0 Å². The van der Waals surface area contributed by atoms with Crippen LogP contribution in [0.3, 0.4) is 0 Å². The molecule has 2 heterocycles. The van der Waals surface area contributed by atoms with Gasteiger partial charge in [0.15, 0.2) is 0 Å². The fraction of sp³-hybridized carbons (Fsp3) is 0.174. The maximum atomic E-state index is 12.9. The molecule has 5 heteroatoms. The van der Waals surface area contributed by atoms with E-state index in [1.165, 1.54) is 0 Å². The second-order valence-corrected chi connectivity index (χ2v) is 6.81. The van der Waals surface area contributed by atoms with Gasteiger partial charge in [-0.2, -0.15) is 5.10 Å². The number of anilines is 1. The quantitative estimate of drug-likeness (QED) is 0.730. The molecule has 140 valence electrons. The van der Waals surface area contributed by atoms with Gasteiger partial charge in [-0.05, 0) is 36.8 Å². The van der Waals surface area contributed by atoms with Gasteiger partial charge in [0.05, 0.1) is 23.5 Å². The third kappa shape index (κ3) is 3.78. The number of amides is 1. The lowest BCUT2D eigenvalue weighted by atomic mass is 10.0. The minimum atomic E-state index is -0.183. The van der Waals surface area contributed by atoms with E-state index in [4.69, 9.17) is 0 Å². The topological polar surface area (TPSA) is 57.6 Å². The van der Waals surface area contributed by atoms with Crippen LogP contribution in [0.1, 0.15) is 36.7 Å². The molecule has 0 saturated heterocycles. The molecule has 2 aromatic carbocycles. The van der Waals surface area contributed by atoms with E-state index in [0.717, 1.165) is 16.9 Å². The van der Waals surface area contributed by atoms with Crippen LogP contribution < -0.4 is 10.3 Å². The number of nitrogens with zero attached hydrogens (tertiary/aromatic N) is 3. The summed E-state index contributed by atoms with van der Waals surface area (Å²) >= 11 is 0. The number of carbonyl (C=O) groups is 1. The molecule has 2 unspecified atom stereocenters. The van der Waals surface area contributed by atoms with E-state index in [1.807, 2.05) is 78.7 Å². The zero-order valence-electron chi connectivity index (χ0n) is 15.7. The summed E-state index contributed by atoms with van der Waals surface area (Å²) in [4.78, 5) is 17.2. The van der Waals surface area contributed by atoms with Gasteiger partial charge in [-0.15, -0.1) is 0 Å². The normalized spacial score (nSPS) is 17.1. The molecule has 5 nitrogen and oxygen atoms in total. The number of carbonyl (C=O) groups excluding carboxylic acids is 1. The van der Waals surface area contributed by atoms with Gasteiger partial charge < -0.3 is 5.32 Å². The lowest BCUT2D eigenvalue weighted by Crippen LogP contribution is -2.33. The second-order valence-electron chi connectivity index (χ2n) is 6.81. The van der Waals surface area contributed by atoms with Crippen LogP contribution in [-0.2, 0) is 4.79 Å². The first kappa shape index (κ1) is 17.9. The molecule has 3 aromatic rings. The first-order chi connectivity index (χ1) is 13.7. The number of pyridine rings is 1. The summed E-state index contributed by atoms with van der Waals surface area (Å²) in [6.45, 7) is 1.93. The van der Waals surface area contributed by atoms with E-state index in [2.05, 4.69) is 27.5 Å². The Bertz CT molecular complexity index is 958.